The van der Waals surface area contributed by atoms with E-state index in [1.54, 1.807) is 6.20 Å². The van der Waals surface area contributed by atoms with Crippen LogP contribution in [-0.4, -0.2) is 46.6 Å². The number of urea groups is 1. The lowest BCUT2D eigenvalue weighted by Crippen LogP contribution is -2.43. The van der Waals surface area contributed by atoms with Gasteiger partial charge >= 0.3 is 12.0 Å². The molecule has 2 N–H and O–H groups in total. The van der Waals surface area contributed by atoms with Crippen molar-refractivity contribution < 1.29 is 14.7 Å². The summed E-state index contributed by atoms with van der Waals surface area (Å²) in [5.74, 6) is 1.15. The highest BCUT2D eigenvalue weighted by Crippen LogP contribution is 1.94. The topological polar surface area (TPSA) is 82.5 Å². The summed E-state index contributed by atoms with van der Waals surface area (Å²) in [5, 5.41) is 11.3. The number of carboxylic acids is 1. The SMILES string of the molecule is C#CCN(CC(=O)O)C(=O)NCCc1ccccn1. The van der Waals surface area contributed by atoms with Gasteiger partial charge in [0.05, 0.1) is 6.54 Å². The molecule has 0 unspecified atom stereocenters. The molecule has 0 radical (unpaired) electrons. The van der Waals surface area contributed by atoms with Gasteiger partial charge in [0.1, 0.15) is 6.54 Å². The molecule has 6 nitrogen and oxygen atoms in total. The monoisotopic (exact) mass is 261 g/mol. The van der Waals surface area contributed by atoms with E-state index in [0.29, 0.717) is 13.0 Å². The van der Waals surface area contributed by atoms with Crippen LogP contribution in [0, 0.1) is 12.3 Å². The fraction of sp³-hybridized carbons (Fsp3) is 0.308. The summed E-state index contributed by atoms with van der Waals surface area (Å²) in [7, 11) is 0. The fourth-order valence-electron chi connectivity index (χ4n) is 1.43. The molecule has 2 amide bonds. The van der Waals surface area contributed by atoms with Crippen LogP contribution in [0.4, 0.5) is 4.79 Å². The molecule has 0 aliphatic heterocycles. The molecular weight excluding hydrogens is 246 g/mol. The van der Waals surface area contributed by atoms with E-state index < -0.39 is 18.5 Å². The molecule has 1 rings (SSSR count). The zero-order chi connectivity index (χ0) is 14.1. The van der Waals surface area contributed by atoms with E-state index in [0.717, 1.165) is 10.6 Å². The number of terminal acetylenes is 1. The Morgan fingerprint density at radius 3 is 2.84 bits per heavy atom. The van der Waals surface area contributed by atoms with E-state index in [4.69, 9.17) is 11.5 Å². The van der Waals surface area contributed by atoms with Gasteiger partial charge in [-0.1, -0.05) is 12.0 Å². The molecule has 100 valence electrons. The standard InChI is InChI=1S/C13H15N3O3/c1-2-9-16(10-12(17)18)13(19)15-8-6-11-5-3-4-7-14-11/h1,3-5,7H,6,8-10H2,(H,15,19)(H,17,18). The van der Waals surface area contributed by atoms with Crippen molar-refractivity contribution in [3.8, 4) is 12.3 Å². The number of pyridine rings is 1. The lowest BCUT2D eigenvalue weighted by molar-refractivity contribution is -0.137. The van der Waals surface area contributed by atoms with Crippen molar-refractivity contribution in [2.24, 2.45) is 0 Å². The Balaban J connectivity index is 2.40. The predicted octanol–water partition coefficient (Wildman–Crippen LogP) is 0.353. The first kappa shape index (κ1) is 14.5. The van der Waals surface area contributed by atoms with E-state index in [-0.39, 0.29) is 6.54 Å². The van der Waals surface area contributed by atoms with E-state index in [1.807, 2.05) is 18.2 Å². The summed E-state index contributed by atoms with van der Waals surface area (Å²) in [4.78, 5) is 27.4. The van der Waals surface area contributed by atoms with E-state index in [2.05, 4.69) is 16.2 Å². The number of aromatic nitrogens is 1. The summed E-state index contributed by atoms with van der Waals surface area (Å²) < 4.78 is 0. The molecule has 0 atom stereocenters. The van der Waals surface area contributed by atoms with Crippen molar-refractivity contribution in [1.29, 1.82) is 0 Å². The maximum Gasteiger partial charge on any atom is 0.323 e. The molecule has 0 bridgehead atoms. The zero-order valence-corrected chi connectivity index (χ0v) is 10.4. The number of carbonyl (C=O) groups is 2. The average Bonchev–Trinajstić information content (AvgIpc) is 2.39. The van der Waals surface area contributed by atoms with E-state index >= 15 is 0 Å². The van der Waals surface area contributed by atoms with Gasteiger partial charge in [-0.15, -0.1) is 6.42 Å². The van der Waals surface area contributed by atoms with Gasteiger partial charge in [-0.05, 0) is 12.1 Å². The summed E-state index contributed by atoms with van der Waals surface area (Å²) in [6, 6.07) is 5.03. The second-order valence-electron chi connectivity index (χ2n) is 3.76. The predicted molar refractivity (Wildman–Crippen MR) is 69.4 cm³/mol. The normalized spacial score (nSPS) is 9.42. The second-order valence-corrected chi connectivity index (χ2v) is 3.76. The molecule has 0 aromatic carbocycles. The van der Waals surface area contributed by atoms with Crippen LogP contribution in [0.5, 0.6) is 0 Å². The minimum atomic E-state index is -1.10. The molecule has 0 aliphatic carbocycles. The van der Waals surface area contributed by atoms with Crippen molar-refractivity contribution in [3.63, 3.8) is 0 Å². The molecule has 1 aromatic rings. The minimum absolute atomic E-state index is 0.0400. The van der Waals surface area contributed by atoms with E-state index in [1.165, 1.54) is 0 Å². The van der Waals surface area contributed by atoms with Crippen LogP contribution >= 0.6 is 0 Å². The second kappa shape index (κ2) is 7.71. The van der Waals surface area contributed by atoms with Crippen molar-refractivity contribution in [2.45, 2.75) is 6.42 Å². The van der Waals surface area contributed by atoms with Gasteiger partial charge in [0, 0.05) is 24.9 Å². The molecule has 0 fully saturated rings. The first-order chi connectivity index (χ1) is 9.13. The van der Waals surface area contributed by atoms with Crippen LogP contribution < -0.4 is 5.32 Å². The van der Waals surface area contributed by atoms with Gasteiger partial charge in [-0.2, -0.15) is 0 Å². The Labute approximate surface area is 111 Å². The number of carboxylic acid groups (broad SMARTS) is 1. The number of hydrogen-bond donors (Lipinski definition) is 2. The first-order valence-corrected chi connectivity index (χ1v) is 5.71. The van der Waals surface area contributed by atoms with Gasteiger partial charge < -0.3 is 15.3 Å². The molecule has 1 heterocycles. The maximum atomic E-state index is 11.7. The van der Waals surface area contributed by atoms with Crippen LogP contribution in [0.2, 0.25) is 0 Å². The van der Waals surface area contributed by atoms with Crippen molar-refractivity contribution in [1.82, 2.24) is 15.2 Å². The van der Waals surface area contributed by atoms with Crippen LogP contribution in [0.15, 0.2) is 24.4 Å². The van der Waals surface area contributed by atoms with Gasteiger partial charge in [0.15, 0.2) is 0 Å². The highest BCUT2D eigenvalue weighted by molar-refractivity contribution is 5.80. The Kier molecular flexibility index (Phi) is 5.89. The molecule has 0 saturated carbocycles. The summed E-state index contributed by atoms with van der Waals surface area (Å²) >= 11 is 0. The first-order valence-electron chi connectivity index (χ1n) is 5.71. The highest BCUT2D eigenvalue weighted by Gasteiger charge is 2.14. The maximum absolute atomic E-state index is 11.7. The number of hydrogen-bond acceptors (Lipinski definition) is 3. The third kappa shape index (κ3) is 5.55. The van der Waals surface area contributed by atoms with Crippen LogP contribution in [0.3, 0.4) is 0 Å². The quantitative estimate of drug-likeness (QED) is 0.724. The number of amides is 2. The molecule has 1 aromatic heterocycles. The third-order valence-corrected chi connectivity index (χ3v) is 2.28. The number of carbonyl (C=O) groups excluding carboxylic acids is 1. The van der Waals surface area contributed by atoms with Gasteiger partial charge in [-0.3, -0.25) is 9.78 Å². The number of nitrogens with one attached hydrogen (secondary N) is 1. The number of aliphatic carboxylic acids is 1. The fourth-order valence-corrected chi connectivity index (χ4v) is 1.43. The number of nitrogens with zero attached hydrogens (tertiary/aromatic N) is 2. The van der Waals surface area contributed by atoms with Crippen LogP contribution in [0.1, 0.15) is 5.69 Å². The third-order valence-electron chi connectivity index (χ3n) is 2.28. The van der Waals surface area contributed by atoms with Crippen molar-refractivity contribution in [3.05, 3.63) is 30.1 Å². The largest absolute Gasteiger partial charge is 0.480 e. The molecule has 0 spiro atoms. The van der Waals surface area contributed by atoms with Gasteiger partial charge in [0.2, 0.25) is 0 Å². The Morgan fingerprint density at radius 2 is 2.26 bits per heavy atom. The Bertz CT molecular complexity index is 468. The van der Waals surface area contributed by atoms with Gasteiger partial charge in [-0.25, -0.2) is 4.79 Å². The van der Waals surface area contributed by atoms with Crippen molar-refractivity contribution in [2.75, 3.05) is 19.6 Å². The van der Waals surface area contributed by atoms with Crippen LogP contribution in [-0.2, 0) is 11.2 Å². The molecule has 19 heavy (non-hydrogen) atoms. The van der Waals surface area contributed by atoms with Crippen LogP contribution in [0.25, 0.3) is 0 Å². The molecule has 0 saturated heterocycles. The lowest BCUT2D eigenvalue weighted by atomic mass is 10.3. The molecule has 6 heteroatoms. The molecular formula is C13H15N3O3. The van der Waals surface area contributed by atoms with E-state index in [9.17, 15) is 9.59 Å². The summed E-state index contributed by atoms with van der Waals surface area (Å²) in [5.41, 5.74) is 0.851. The minimum Gasteiger partial charge on any atom is -0.480 e. The van der Waals surface area contributed by atoms with Gasteiger partial charge in [0.25, 0.3) is 0 Å². The lowest BCUT2D eigenvalue weighted by Gasteiger charge is -2.18. The molecule has 0 aliphatic rings. The van der Waals surface area contributed by atoms with Crippen molar-refractivity contribution >= 4 is 12.0 Å². The summed E-state index contributed by atoms with van der Waals surface area (Å²) in [6.45, 7) is -0.0854. The Hall–Kier alpha value is -2.55. The average molecular weight is 261 g/mol. The smallest absolute Gasteiger partial charge is 0.323 e. The zero-order valence-electron chi connectivity index (χ0n) is 10.4. The number of rotatable bonds is 6. The Morgan fingerprint density at radius 1 is 1.47 bits per heavy atom. The summed E-state index contributed by atoms with van der Waals surface area (Å²) in [6.07, 6.45) is 7.33. The highest BCUT2D eigenvalue weighted by atomic mass is 16.4.